The quantitative estimate of drug-likeness (QED) is 0.753. The molecule has 2 heterocycles. The van der Waals surface area contributed by atoms with Gasteiger partial charge in [0.25, 0.3) is 0 Å². The molecule has 2 aliphatic rings. The molecule has 10 heteroatoms. The third-order valence-corrected chi connectivity index (χ3v) is 8.40. The summed E-state index contributed by atoms with van der Waals surface area (Å²) in [5.41, 5.74) is 0. The maximum absolute atomic E-state index is 12.8. The molecule has 2 unspecified atom stereocenters. The molecule has 2 atom stereocenters. The largest absolute Gasteiger partial charge is 0.311 e. The van der Waals surface area contributed by atoms with Gasteiger partial charge in [-0.15, -0.1) is 12.4 Å². The average Bonchev–Trinajstić information content (AvgIpc) is 2.92. The van der Waals surface area contributed by atoms with Gasteiger partial charge in [-0.3, -0.25) is 0 Å². The molecule has 7 nitrogen and oxygen atoms in total. The van der Waals surface area contributed by atoms with E-state index in [1.165, 1.54) is 35.6 Å². The van der Waals surface area contributed by atoms with Gasteiger partial charge in [-0.05, 0) is 57.0 Å². The summed E-state index contributed by atoms with van der Waals surface area (Å²) in [6, 6.07) is 6.12. The second kappa shape index (κ2) is 7.50. The van der Waals surface area contributed by atoms with Crippen molar-refractivity contribution in [3.63, 3.8) is 0 Å². The number of benzene rings is 1. The number of nitrogens with zero attached hydrogens (tertiary/aromatic N) is 1. The molecule has 2 N–H and O–H groups in total. The highest BCUT2D eigenvalue weighted by Gasteiger charge is 2.38. The third kappa shape index (κ3) is 4.01. The van der Waals surface area contributed by atoms with E-state index >= 15 is 0 Å². The van der Waals surface area contributed by atoms with Gasteiger partial charge < -0.3 is 5.32 Å². The molecule has 3 rings (SSSR count). The Hall–Kier alpha value is -0.710. The molecule has 142 valence electrons. The number of halogens is 1. The van der Waals surface area contributed by atoms with Crippen LogP contribution < -0.4 is 10.0 Å². The Morgan fingerprint density at radius 3 is 1.96 bits per heavy atom. The van der Waals surface area contributed by atoms with Crippen LogP contribution in [-0.4, -0.2) is 53.4 Å². The second-order valence-corrected chi connectivity index (χ2v) is 10.3. The molecular formula is C15H24ClN3O4S2. The van der Waals surface area contributed by atoms with Crippen LogP contribution in [0.5, 0.6) is 0 Å². The normalized spacial score (nSPS) is 26.4. The number of nitrogens with one attached hydrogen (secondary N) is 2. The van der Waals surface area contributed by atoms with E-state index in [-0.39, 0.29) is 28.2 Å². The standard InChI is InChI=1S/C15H23N3O4S2.ClH/c1-16-23(19,20)14-5-7-15(8-6-14)24(21,22)18(2)13-9-11-3-4-12(10-13)17-11;/h5-8,11-13,16-17H,3-4,9-10H2,1-2H3;1H. The van der Waals surface area contributed by atoms with E-state index in [1.807, 2.05) is 0 Å². The van der Waals surface area contributed by atoms with Crippen molar-refractivity contribution in [2.45, 2.75) is 53.6 Å². The molecule has 0 amide bonds. The van der Waals surface area contributed by atoms with E-state index in [2.05, 4.69) is 10.0 Å². The zero-order valence-electron chi connectivity index (χ0n) is 14.2. The van der Waals surface area contributed by atoms with Gasteiger partial charge >= 0.3 is 0 Å². The van der Waals surface area contributed by atoms with Gasteiger partial charge in [0.05, 0.1) is 9.79 Å². The lowest BCUT2D eigenvalue weighted by Crippen LogP contribution is -2.48. The first kappa shape index (κ1) is 20.6. The average molecular weight is 410 g/mol. The first-order valence-electron chi connectivity index (χ1n) is 8.02. The lowest BCUT2D eigenvalue weighted by molar-refractivity contribution is 0.251. The van der Waals surface area contributed by atoms with Gasteiger partial charge in [-0.2, -0.15) is 4.31 Å². The van der Waals surface area contributed by atoms with Gasteiger partial charge in [-0.1, -0.05) is 0 Å². The van der Waals surface area contributed by atoms with Crippen LogP contribution in [0.1, 0.15) is 25.7 Å². The van der Waals surface area contributed by atoms with Gasteiger partial charge in [0.15, 0.2) is 0 Å². The van der Waals surface area contributed by atoms with Crippen LogP contribution in [0.25, 0.3) is 0 Å². The van der Waals surface area contributed by atoms with Crippen molar-refractivity contribution >= 4 is 32.5 Å². The van der Waals surface area contributed by atoms with Crippen molar-refractivity contribution in [2.24, 2.45) is 0 Å². The van der Waals surface area contributed by atoms with Gasteiger partial charge in [0.2, 0.25) is 20.0 Å². The minimum atomic E-state index is -3.64. The summed E-state index contributed by atoms with van der Waals surface area (Å²) in [7, 11) is -4.28. The molecule has 2 saturated heterocycles. The summed E-state index contributed by atoms with van der Waals surface area (Å²) >= 11 is 0. The minimum Gasteiger partial charge on any atom is -0.311 e. The van der Waals surface area contributed by atoms with Crippen LogP contribution >= 0.6 is 12.4 Å². The van der Waals surface area contributed by atoms with Crippen LogP contribution in [0.15, 0.2) is 34.1 Å². The van der Waals surface area contributed by atoms with Gasteiger partial charge in [-0.25, -0.2) is 21.6 Å². The molecule has 0 radical (unpaired) electrons. The molecule has 1 aromatic carbocycles. The van der Waals surface area contributed by atoms with E-state index < -0.39 is 20.0 Å². The highest BCUT2D eigenvalue weighted by molar-refractivity contribution is 7.89. The maximum Gasteiger partial charge on any atom is 0.243 e. The predicted octanol–water partition coefficient (Wildman–Crippen LogP) is 0.920. The number of piperidine rings is 1. The fraction of sp³-hybridized carbons (Fsp3) is 0.600. The molecule has 2 aliphatic heterocycles. The Morgan fingerprint density at radius 2 is 1.48 bits per heavy atom. The summed E-state index contributed by atoms with van der Waals surface area (Å²) < 4.78 is 52.8. The molecule has 0 spiro atoms. The second-order valence-electron chi connectivity index (χ2n) is 6.46. The summed E-state index contributed by atoms with van der Waals surface area (Å²) in [5, 5.41) is 3.50. The van der Waals surface area contributed by atoms with Crippen molar-refractivity contribution in [1.82, 2.24) is 14.3 Å². The van der Waals surface area contributed by atoms with E-state index in [1.54, 1.807) is 7.05 Å². The molecule has 2 bridgehead atoms. The summed E-state index contributed by atoms with van der Waals surface area (Å²) in [4.78, 5) is 0.164. The number of hydrogen-bond acceptors (Lipinski definition) is 5. The number of fused-ring (bicyclic) bond motifs is 2. The first-order chi connectivity index (χ1) is 11.2. The minimum absolute atomic E-state index is 0. The lowest BCUT2D eigenvalue weighted by atomic mass is 10.0. The molecule has 2 fully saturated rings. The van der Waals surface area contributed by atoms with Crippen molar-refractivity contribution in [3.8, 4) is 0 Å². The van der Waals surface area contributed by atoms with Gasteiger partial charge in [0, 0.05) is 25.2 Å². The maximum atomic E-state index is 12.8. The van der Waals surface area contributed by atoms with Crippen molar-refractivity contribution in [2.75, 3.05) is 14.1 Å². The lowest BCUT2D eigenvalue weighted by Gasteiger charge is -2.34. The Morgan fingerprint density at radius 1 is 1.00 bits per heavy atom. The molecular weight excluding hydrogens is 386 g/mol. The van der Waals surface area contributed by atoms with Crippen LogP contribution in [-0.2, 0) is 20.0 Å². The fourth-order valence-electron chi connectivity index (χ4n) is 3.60. The summed E-state index contributed by atoms with van der Waals surface area (Å²) in [6.07, 6.45) is 3.84. The third-order valence-electron chi connectivity index (χ3n) is 5.04. The molecule has 25 heavy (non-hydrogen) atoms. The molecule has 0 aromatic heterocycles. The Labute approximate surface area is 155 Å². The first-order valence-corrected chi connectivity index (χ1v) is 10.9. The monoisotopic (exact) mass is 409 g/mol. The zero-order valence-corrected chi connectivity index (χ0v) is 16.6. The summed E-state index contributed by atoms with van der Waals surface area (Å²) in [5.74, 6) is 0. The van der Waals surface area contributed by atoms with E-state index in [0.29, 0.717) is 12.1 Å². The van der Waals surface area contributed by atoms with E-state index in [9.17, 15) is 16.8 Å². The van der Waals surface area contributed by atoms with E-state index in [4.69, 9.17) is 0 Å². The zero-order chi connectivity index (χ0) is 17.5. The van der Waals surface area contributed by atoms with Crippen LogP contribution in [0.2, 0.25) is 0 Å². The fourth-order valence-corrected chi connectivity index (χ4v) is 5.70. The number of hydrogen-bond donors (Lipinski definition) is 2. The Balaban J connectivity index is 0.00000225. The molecule has 0 aliphatic carbocycles. The highest BCUT2D eigenvalue weighted by Crippen LogP contribution is 2.31. The topological polar surface area (TPSA) is 95.6 Å². The van der Waals surface area contributed by atoms with Crippen molar-refractivity contribution in [3.05, 3.63) is 24.3 Å². The number of rotatable bonds is 5. The van der Waals surface area contributed by atoms with Gasteiger partial charge in [0.1, 0.15) is 0 Å². The number of sulfonamides is 2. The Kier molecular flexibility index (Phi) is 6.18. The molecule has 0 saturated carbocycles. The van der Waals surface area contributed by atoms with E-state index in [0.717, 1.165) is 25.7 Å². The van der Waals surface area contributed by atoms with Crippen LogP contribution in [0, 0.1) is 0 Å². The van der Waals surface area contributed by atoms with Crippen molar-refractivity contribution < 1.29 is 16.8 Å². The highest BCUT2D eigenvalue weighted by atomic mass is 35.5. The smallest absolute Gasteiger partial charge is 0.243 e. The predicted molar refractivity (Wildman–Crippen MR) is 97.9 cm³/mol. The Bertz CT molecular complexity index is 800. The summed E-state index contributed by atoms with van der Waals surface area (Å²) in [6.45, 7) is 0. The van der Waals surface area contributed by atoms with Crippen LogP contribution in [0.4, 0.5) is 0 Å². The SMILES string of the molecule is CNS(=O)(=O)c1ccc(S(=O)(=O)N(C)C2CC3CCC(C2)N3)cc1.Cl. The van der Waals surface area contributed by atoms with Crippen molar-refractivity contribution in [1.29, 1.82) is 0 Å². The molecule has 1 aromatic rings. The van der Waals surface area contributed by atoms with Crippen LogP contribution in [0.3, 0.4) is 0 Å².